The van der Waals surface area contributed by atoms with Crippen molar-refractivity contribution in [2.24, 2.45) is 0 Å². The van der Waals surface area contributed by atoms with Crippen LogP contribution in [0.25, 0.3) is 0 Å². The van der Waals surface area contributed by atoms with Crippen molar-refractivity contribution < 1.29 is 37.2 Å². The highest BCUT2D eigenvalue weighted by molar-refractivity contribution is 9.06. The van der Waals surface area contributed by atoms with Gasteiger partial charge >= 0.3 is 17.9 Å². The zero-order valence-electron chi connectivity index (χ0n) is 19.0. The lowest BCUT2D eigenvalue weighted by atomic mass is 10.0. The summed E-state index contributed by atoms with van der Waals surface area (Å²) in [5.74, 6) is -1.75. The van der Waals surface area contributed by atoms with Gasteiger partial charge in [0.1, 0.15) is 29.0 Å². The van der Waals surface area contributed by atoms with Crippen molar-refractivity contribution in [3.8, 4) is 0 Å². The van der Waals surface area contributed by atoms with Gasteiger partial charge in [-0.2, -0.15) is 0 Å². The standard InChI is InChI=1S/C27H23BrO8/c28-36-27-23(35-26(31)20-14-8-3-9-15-20)22(34-25(30)19-12-6-2-7-13-19)16-21(33-27)17-32-24(29)18-10-4-1-5-11-18/h1-15,21-23,27H,16-17H2/t21-,22-,23+,27+/m0/s1. The fourth-order valence-corrected chi connectivity index (χ4v) is 3.99. The van der Waals surface area contributed by atoms with E-state index in [2.05, 4.69) is 16.3 Å². The van der Waals surface area contributed by atoms with Crippen LogP contribution < -0.4 is 0 Å². The summed E-state index contributed by atoms with van der Waals surface area (Å²) >= 11 is 2.92. The SMILES string of the molecule is O=C(OC[C@@H]1C[C@H](OC(=O)c2ccccc2)[C@@H](OC(=O)c2ccccc2)[C@@H](OBr)O1)c1ccccc1. The monoisotopic (exact) mass is 554 g/mol. The van der Waals surface area contributed by atoms with E-state index in [0.717, 1.165) is 0 Å². The molecule has 1 aliphatic heterocycles. The predicted molar refractivity (Wildman–Crippen MR) is 131 cm³/mol. The molecule has 0 bridgehead atoms. The molecule has 0 aromatic heterocycles. The van der Waals surface area contributed by atoms with Gasteiger partial charge in [0.15, 0.2) is 6.10 Å². The predicted octanol–water partition coefficient (Wildman–Crippen LogP) is 4.74. The van der Waals surface area contributed by atoms with E-state index in [4.69, 9.17) is 22.8 Å². The number of benzene rings is 3. The Bertz CT molecular complexity index is 1160. The zero-order chi connectivity index (χ0) is 25.3. The first-order valence-corrected chi connectivity index (χ1v) is 11.9. The molecule has 4 rings (SSSR count). The minimum Gasteiger partial charge on any atom is -0.459 e. The van der Waals surface area contributed by atoms with Gasteiger partial charge in [0, 0.05) is 6.42 Å². The summed E-state index contributed by atoms with van der Waals surface area (Å²) in [4.78, 5) is 38.0. The number of carbonyl (C=O) groups is 3. The van der Waals surface area contributed by atoms with Crippen molar-refractivity contribution in [1.29, 1.82) is 0 Å². The van der Waals surface area contributed by atoms with Gasteiger partial charge in [-0.05, 0) is 36.4 Å². The quantitative estimate of drug-likeness (QED) is 0.291. The first-order chi connectivity index (χ1) is 17.5. The third-order valence-corrected chi connectivity index (χ3v) is 5.84. The second kappa shape index (κ2) is 12.4. The first kappa shape index (κ1) is 25.6. The molecule has 8 nitrogen and oxygen atoms in total. The number of hydrogen-bond acceptors (Lipinski definition) is 8. The number of hydrogen-bond donors (Lipinski definition) is 0. The topological polar surface area (TPSA) is 97.4 Å². The molecule has 0 unspecified atom stereocenters. The van der Waals surface area contributed by atoms with Gasteiger partial charge in [-0.3, -0.25) is 3.83 Å². The second-order valence-corrected chi connectivity index (χ2v) is 8.34. The van der Waals surface area contributed by atoms with Crippen molar-refractivity contribution in [3.05, 3.63) is 108 Å². The van der Waals surface area contributed by atoms with Crippen molar-refractivity contribution in [2.75, 3.05) is 6.61 Å². The summed E-state index contributed by atoms with van der Waals surface area (Å²) in [6.45, 7) is -0.126. The summed E-state index contributed by atoms with van der Waals surface area (Å²) < 4.78 is 27.9. The highest BCUT2D eigenvalue weighted by Gasteiger charge is 2.45. The number of carbonyl (C=O) groups excluding carboxylic acids is 3. The molecular weight excluding hydrogens is 532 g/mol. The van der Waals surface area contributed by atoms with Crippen molar-refractivity contribution in [1.82, 2.24) is 0 Å². The third-order valence-electron chi connectivity index (χ3n) is 5.47. The van der Waals surface area contributed by atoms with Gasteiger partial charge < -0.3 is 18.9 Å². The Morgan fingerprint density at radius 3 is 1.69 bits per heavy atom. The summed E-state index contributed by atoms with van der Waals surface area (Å²) in [5.41, 5.74) is 1.04. The molecule has 3 aromatic carbocycles. The number of ether oxygens (including phenoxy) is 4. The van der Waals surface area contributed by atoms with Crippen LogP contribution in [-0.2, 0) is 22.8 Å². The van der Waals surface area contributed by atoms with Crippen molar-refractivity contribution in [3.63, 3.8) is 0 Å². The van der Waals surface area contributed by atoms with Crippen LogP contribution in [0.5, 0.6) is 0 Å². The summed E-state index contributed by atoms with van der Waals surface area (Å²) in [6.07, 6.45) is -3.77. The van der Waals surface area contributed by atoms with Gasteiger partial charge in [-0.1, -0.05) is 54.6 Å². The molecule has 0 spiro atoms. The normalized spacial score (nSPS) is 21.2. The van der Waals surface area contributed by atoms with Crippen LogP contribution >= 0.6 is 16.3 Å². The van der Waals surface area contributed by atoms with Crippen LogP contribution in [-0.4, -0.2) is 49.1 Å². The van der Waals surface area contributed by atoms with Gasteiger partial charge in [0.2, 0.25) is 6.29 Å². The molecule has 0 radical (unpaired) electrons. The van der Waals surface area contributed by atoms with Crippen LogP contribution in [0.1, 0.15) is 37.5 Å². The van der Waals surface area contributed by atoms with E-state index >= 15 is 0 Å². The summed E-state index contributed by atoms with van der Waals surface area (Å²) in [7, 11) is 0. The van der Waals surface area contributed by atoms with E-state index in [-0.39, 0.29) is 13.0 Å². The zero-order valence-corrected chi connectivity index (χ0v) is 20.6. The Morgan fingerprint density at radius 1 is 0.722 bits per heavy atom. The second-order valence-electron chi connectivity index (χ2n) is 7.96. The molecular formula is C27H23BrO8. The highest BCUT2D eigenvalue weighted by atomic mass is 79.9. The molecule has 186 valence electrons. The molecule has 0 N–H and O–H groups in total. The lowest BCUT2D eigenvalue weighted by molar-refractivity contribution is -0.233. The minimum atomic E-state index is -1.14. The van der Waals surface area contributed by atoms with Crippen molar-refractivity contribution >= 4 is 34.2 Å². The molecule has 1 fully saturated rings. The fourth-order valence-electron chi connectivity index (χ4n) is 3.69. The van der Waals surface area contributed by atoms with Crippen LogP contribution in [0.15, 0.2) is 91.0 Å². The van der Waals surface area contributed by atoms with Gasteiger partial charge in [-0.15, -0.1) is 0 Å². The van der Waals surface area contributed by atoms with Crippen LogP contribution in [0.4, 0.5) is 0 Å². The highest BCUT2D eigenvalue weighted by Crippen LogP contribution is 2.29. The fraction of sp³-hybridized carbons (Fsp3) is 0.222. The Labute approximate surface area is 216 Å². The molecule has 4 atom stereocenters. The number of esters is 3. The average molecular weight is 555 g/mol. The van der Waals surface area contributed by atoms with Crippen LogP contribution in [0.2, 0.25) is 0 Å². The molecule has 0 amide bonds. The largest absolute Gasteiger partial charge is 0.459 e. The average Bonchev–Trinajstić information content (AvgIpc) is 2.94. The maximum atomic E-state index is 12.8. The Balaban J connectivity index is 1.50. The summed E-state index contributed by atoms with van der Waals surface area (Å²) in [5, 5.41) is 0. The van der Waals surface area contributed by atoms with Crippen LogP contribution in [0.3, 0.4) is 0 Å². The van der Waals surface area contributed by atoms with E-state index in [1.54, 1.807) is 91.0 Å². The van der Waals surface area contributed by atoms with Crippen LogP contribution in [0, 0.1) is 0 Å². The maximum Gasteiger partial charge on any atom is 0.338 e. The smallest absolute Gasteiger partial charge is 0.338 e. The molecule has 1 heterocycles. The number of halogens is 1. The molecule has 0 saturated carbocycles. The van der Waals surface area contributed by atoms with Crippen molar-refractivity contribution in [2.45, 2.75) is 31.0 Å². The Morgan fingerprint density at radius 2 is 1.19 bits per heavy atom. The molecule has 1 saturated heterocycles. The van der Waals surface area contributed by atoms with Gasteiger partial charge in [0.05, 0.1) is 22.8 Å². The van der Waals surface area contributed by atoms with E-state index in [9.17, 15) is 14.4 Å². The lowest BCUT2D eigenvalue weighted by Gasteiger charge is -2.39. The minimum absolute atomic E-state index is 0.0975. The maximum absolute atomic E-state index is 12.8. The summed E-state index contributed by atoms with van der Waals surface area (Å²) in [6, 6.07) is 25.4. The molecule has 1 aliphatic rings. The lowest BCUT2D eigenvalue weighted by Crippen LogP contribution is -2.53. The molecule has 36 heavy (non-hydrogen) atoms. The van der Waals surface area contributed by atoms with E-state index < -0.39 is 42.5 Å². The van der Waals surface area contributed by atoms with E-state index in [1.807, 2.05) is 0 Å². The van der Waals surface area contributed by atoms with E-state index in [1.165, 1.54) is 0 Å². The Kier molecular flexibility index (Phi) is 8.83. The molecule has 3 aromatic rings. The van der Waals surface area contributed by atoms with Gasteiger partial charge in [-0.25, -0.2) is 14.4 Å². The van der Waals surface area contributed by atoms with Gasteiger partial charge in [0.25, 0.3) is 0 Å². The number of rotatable bonds is 8. The third kappa shape index (κ3) is 6.57. The molecule has 0 aliphatic carbocycles. The molecule has 9 heteroatoms. The Hall–Kier alpha value is -3.53. The first-order valence-electron chi connectivity index (χ1n) is 11.2. The van der Waals surface area contributed by atoms with E-state index in [0.29, 0.717) is 16.7 Å².